The van der Waals surface area contributed by atoms with Crippen molar-refractivity contribution in [1.29, 1.82) is 0 Å². The second-order valence-electron chi connectivity index (χ2n) is 9.01. The minimum atomic E-state index is -0.942. The molecule has 1 fully saturated rings. The first-order valence-corrected chi connectivity index (χ1v) is 11.7. The van der Waals surface area contributed by atoms with Crippen LogP contribution in [0.1, 0.15) is 35.4 Å². The van der Waals surface area contributed by atoms with Gasteiger partial charge in [0, 0.05) is 6.54 Å². The summed E-state index contributed by atoms with van der Waals surface area (Å²) in [7, 11) is 0. The highest BCUT2D eigenvalue weighted by Crippen LogP contribution is 2.40. The van der Waals surface area contributed by atoms with Crippen LogP contribution in [0.2, 0.25) is 0 Å². The largest absolute Gasteiger partial charge is 0.480 e. The molecule has 0 saturated carbocycles. The first-order chi connectivity index (χ1) is 16.6. The van der Waals surface area contributed by atoms with Gasteiger partial charge in [0.05, 0.1) is 5.92 Å². The highest BCUT2D eigenvalue weighted by atomic mass is 16.4. The number of carbonyl (C=O) groups excluding carboxylic acids is 1. The standard InChI is InChI=1S/C30H27NO3/c32-29(28(22-12-6-2-7-13-22)23-14-8-3-9-15-23)31-20-25-17-16-24(21-10-4-1-5-11-21)18-26(25)19-27(31)30(33)34/h1-17,26-28H,18-20H2,(H,33,34). The van der Waals surface area contributed by atoms with E-state index in [4.69, 9.17) is 0 Å². The molecular formula is C30H27NO3. The van der Waals surface area contributed by atoms with Crippen molar-refractivity contribution in [2.75, 3.05) is 6.54 Å². The molecule has 1 heterocycles. The fourth-order valence-corrected chi connectivity index (χ4v) is 5.19. The molecule has 1 aliphatic heterocycles. The Balaban J connectivity index is 1.49. The van der Waals surface area contributed by atoms with Crippen LogP contribution in [0.5, 0.6) is 0 Å². The number of carboxylic acids is 1. The van der Waals surface area contributed by atoms with Crippen molar-refractivity contribution in [1.82, 2.24) is 4.90 Å². The van der Waals surface area contributed by atoms with Gasteiger partial charge in [-0.15, -0.1) is 0 Å². The van der Waals surface area contributed by atoms with Crippen LogP contribution in [0.4, 0.5) is 0 Å². The van der Waals surface area contributed by atoms with E-state index in [1.807, 2.05) is 78.9 Å². The van der Waals surface area contributed by atoms with Crippen molar-refractivity contribution in [3.05, 3.63) is 125 Å². The van der Waals surface area contributed by atoms with Crippen molar-refractivity contribution < 1.29 is 14.7 Å². The Bertz CT molecular complexity index is 1190. The molecule has 4 nitrogen and oxygen atoms in total. The van der Waals surface area contributed by atoms with E-state index in [2.05, 4.69) is 24.3 Å². The Morgan fingerprint density at radius 3 is 1.91 bits per heavy atom. The second-order valence-corrected chi connectivity index (χ2v) is 9.01. The van der Waals surface area contributed by atoms with E-state index in [9.17, 15) is 14.7 Å². The van der Waals surface area contributed by atoms with Gasteiger partial charge in [0.2, 0.25) is 5.91 Å². The minimum Gasteiger partial charge on any atom is -0.480 e. The molecule has 2 atom stereocenters. The number of carbonyl (C=O) groups is 2. The number of allylic oxidation sites excluding steroid dienone is 3. The van der Waals surface area contributed by atoms with Gasteiger partial charge in [0.1, 0.15) is 6.04 Å². The molecular weight excluding hydrogens is 422 g/mol. The third kappa shape index (κ3) is 4.32. The summed E-state index contributed by atoms with van der Waals surface area (Å²) in [6, 6.07) is 28.6. The van der Waals surface area contributed by atoms with Gasteiger partial charge in [-0.1, -0.05) is 103 Å². The molecule has 34 heavy (non-hydrogen) atoms. The van der Waals surface area contributed by atoms with Crippen molar-refractivity contribution >= 4 is 17.4 Å². The van der Waals surface area contributed by atoms with E-state index in [0.29, 0.717) is 13.0 Å². The van der Waals surface area contributed by atoms with Gasteiger partial charge in [-0.3, -0.25) is 4.79 Å². The van der Waals surface area contributed by atoms with Crippen LogP contribution >= 0.6 is 0 Å². The quantitative estimate of drug-likeness (QED) is 0.557. The molecule has 0 radical (unpaired) electrons. The maximum Gasteiger partial charge on any atom is 0.326 e. The summed E-state index contributed by atoms with van der Waals surface area (Å²) in [4.78, 5) is 27.9. The predicted octanol–water partition coefficient (Wildman–Crippen LogP) is 5.53. The van der Waals surface area contributed by atoms with Crippen LogP contribution in [0.25, 0.3) is 5.57 Å². The average molecular weight is 450 g/mol. The zero-order valence-corrected chi connectivity index (χ0v) is 18.9. The lowest BCUT2D eigenvalue weighted by atomic mass is 9.77. The molecule has 0 spiro atoms. The highest BCUT2D eigenvalue weighted by Gasteiger charge is 2.42. The minimum absolute atomic E-state index is 0.122. The smallest absolute Gasteiger partial charge is 0.326 e. The van der Waals surface area contributed by atoms with E-state index in [1.54, 1.807) is 4.90 Å². The number of carboxylic acid groups (broad SMARTS) is 1. The molecule has 5 rings (SSSR count). The third-order valence-electron chi connectivity index (χ3n) is 6.95. The fourth-order valence-electron chi connectivity index (χ4n) is 5.19. The molecule has 3 aromatic rings. The van der Waals surface area contributed by atoms with Gasteiger partial charge in [0.25, 0.3) is 0 Å². The van der Waals surface area contributed by atoms with Gasteiger partial charge in [0.15, 0.2) is 0 Å². The Hall–Kier alpha value is -3.92. The number of nitrogens with zero attached hydrogens (tertiary/aromatic N) is 1. The number of likely N-dealkylation sites (tertiary alicyclic amines) is 1. The zero-order chi connectivity index (χ0) is 23.5. The lowest BCUT2D eigenvalue weighted by Crippen LogP contribution is -2.52. The van der Waals surface area contributed by atoms with Crippen LogP contribution in [-0.4, -0.2) is 34.5 Å². The van der Waals surface area contributed by atoms with E-state index in [0.717, 1.165) is 28.7 Å². The lowest BCUT2D eigenvalue weighted by Gasteiger charge is -2.42. The molecule has 2 unspecified atom stereocenters. The SMILES string of the molecule is O=C(O)C1CC2CC(c3ccccc3)=CC=C2CN1C(=O)C(c1ccccc1)c1ccccc1. The Kier molecular flexibility index (Phi) is 6.13. The van der Waals surface area contributed by atoms with Crippen LogP contribution < -0.4 is 0 Å². The Morgan fingerprint density at radius 2 is 1.35 bits per heavy atom. The van der Waals surface area contributed by atoms with Crippen LogP contribution in [0, 0.1) is 5.92 Å². The average Bonchev–Trinajstić information content (AvgIpc) is 2.89. The third-order valence-corrected chi connectivity index (χ3v) is 6.95. The Labute approximate surface area is 199 Å². The Morgan fingerprint density at radius 1 is 0.794 bits per heavy atom. The summed E-state index contributed by atoms with van der Waals surface area (Å²) in [6.45, 7) is 0.342. The van der Waals surface area contributed by atoms with Crippen molar-refractivity contribution in [3.8, 4) is 0 Å². The molecule has 1 N–H and O–H groups in total. The monoisotopic (exact) mass is 449 g/mol. The molecule has 1 saturated heterocycles. The summed E-state index contributed by atoms with van der Waals surface area (Å²) in [5.74, 6) is -1.53. The van der Waals surface area contributed by atoms with E-state index in [1.165, 1.54) is 5.57 Å². The number of aliphatic carboxylic acids is 1. The van der Waals surface area contributed by atoms with Crippen molar-refractivity contribution in [2.45, 2.75) is 24.8 Å². The molecule has 0 bridgehead atoms. The van der Waals surface area contributed by atoms with Crippen LogP contribution in [0.3, 0.4) is 0 Å². The maximum absolute atomic E-state index is 14.0. The number of fused-ring (bicyclic) bond motifs is 1. The number of amides is 1. The van der Waals surface area contributed by atoms with E-state index < -0.39 is 17.9 Å². The normalized spacial score (nSPS) is 19.7. The number of piperidine rings is 1. The summed E-state index contributed by atoms with van der Waals surface area (Å²) in [5.41, 5.74) is 5.24. The summed E-state index contributed by atoms with van der Waals surface area (Å²) in [5, 5.41) is 10.1. The number of rotatable bonds is 5. The van der Waals surface area contributed by atoms with E-state index >= 15 is 0 Å². The van der Waals surface area contributed by atoms with Crippen LogP contribution in [0.15, 0.2) is 109 Å². The van der Waals surface area contributed by atoms with Gasteiger partial charge in [-0.25, -0.2) is 4.79 Å². The van der Waals surface area contributed by atoms with E-state index in [-0.39, 0.29) is 11.8 Å². The fraction of sp³-hybridized carbons (Fsp3) is 0.200. The van der Waals surface area contributed by atoms with Crippen molar-refractivity contribution in [2.24, 2.45) is 5.92 Å². The first-order valence-electron chi connectivity index (χ1n) is 11.7. The highest BCUT2D eigenvalue weighted by molar-refractivity contribution is 5.91. The van der Waals surface area contributed by atoms with Gasteiger partial charge >= 0.3 is 5.97 Å². The summed E-state index contributed by atoms with van der Waals surface area (Å²) in [6.07, 6.45) is 5.43. The molecule has 170 valence electrons. The van der Waals surface area contributed by atoms with Crippen molar-refractivity contribution in [3.63, 3.8) is 0 Å². The number of benzene rings is 3. The lowest BCUT2D eigenvalue weighted by molar-refractivity contribution is -0.152. The number of hydrogen-bond donors (Lipinski definition) is 1. The second kappa shape index (κ2) is 9.52. The predicted molar refractivity (Wildman–Crippen MR) is 133 cm³/mol. The zero-order valence-electron chi connectivity index (χ0n) is 18.9. The van der Waals surface area contributed by atoms with Crippen LogP contribution in [-0.2, 0) is 9.59 Å². The van der Waals surface area contributed by atoms with Gasteiger partial charge in [-0.05, 0) is 46.6 Å². The summed E-state index contributed by atoms with van der Waals surface area (Å²) < 4.78 is 0. The molecule has 1 aliphatic carbocycles. The number of hydrogen-bond acceptors (Lipinski definition) is 2. The molecule has 4 heteroatoms. The molecule has 1 amide bonds. The maximum atomic E-state index is 14.0. The summed E-state index contributed by atoms with van der Waals surface area (Å²) >= 11 is 0. The topological polar surface area (TPSA) is 57.6 Å². The molecule has 2 aliphatic rings. The van der Waals surface area contributed by atoms with Gasteiger partial charge in [-0.2, -0.15) is 0 Å². The first kappa shape index (κ1) is 21.9. The molecule has 0 aromatic heterocycles. The van der Waals surface area contributed by atoms with Gasteiger partial charge < -0.3 is 10.0 Å². The molecule has 3 aromatic carbocycles.